The molecule has 0 bridgehead atoms. The molecule has 132 valence electrons. The Labute approximate surface area is 158 Å². The number of hydrogen-bond donors (Lipinski definition) is 4. The first-order valence-electron chi connectivity index (χ1n) is 7.68. The van der Waals surface area contributed by atoms with Crippen molar-refractivity contribution in [1.82, 2.24) is 16.0 Å². The molecule has 2 amide bonds. The third kappa shape index (κ3) is 7.16. The summed E-state index contributed by atoms with van der Waals surface area (Å²) >= 11 is 0. The van der Waals surface area contributed by atoms with E-state index in [2.05, 4.69) is 20.9 Å². The zero-order chi connectivity index (χ0) is 16.7. The first-order valence-corrected chi connectivity index (χ1v) is 7.68. The number of carbonyl (C=O) groups is 2. The molecule has 0 radical (unpaired) electrons. The maximum absolute atomic E-state index is 11.8. The number of amides is 2. The van der Waals surface area contributed by atoms with Crippen molar-refractivity contribution in [3.05, 3.63) is 35.4 Å². The van der Waals surface area contributed by atoms with Gasteiger partial charge in [0.05, 0.1) is 6.54 Å². The van der Waals surface area contributed by atoms with E-state index in [1.54, 1.807) is 19.2 Å². The number of nitrogens with one attached hydrogen (secondary N) is 3. The minimum absolute atomic E-state index is 0. The molecule has 0 atom stereocenters. The average molecular weight is 445 g/mol. The summed E-state index contributed by atoms with van der Waals surface area (Å²) in [6.45, 7) is 1.41. The highest BCUT2D eigenvalue weighted by Crippen LogP contribution is 2.27. The molecule has 1 aromatic rings. The van der Waals surface area contributed by atoms with E-state index in [0.717, 1.165) is 24.0 Å². The SMILES string of the molecule is CN=C(NCc1ccc(C(=O)NCC(N)=O)cc1)NCC1CC1.I. The molecular weight excluding hydrogens is 421 g/mol. The number of aliphatic imine (C=N–C) groups is 1. The highest BCUT2D eigenvalue weighted by Gasteiger charge is 2.20. The van der Waals surface area contributed by atoms with Crippen LogP contribution in [0, 0.1) is 5.92 Å². The molecule has 1 aromatic carbocycles. The van der Waals surface area contributed by atoms with Gasteiger partial charge in [0, 0.05) is 25.7 Å². The van der Waals surface area contributed by atoms with Crippen molar-refractivity contribution in [2.24, 2.45) is 16.6 Å². The van der Waals surface area contributed by atoms with E-state index in [4.69, 9.17) is 5.73 Å². The van der Waals surface area contributed by atoms with Crippen LogP contribution in [0.5, 0.6) is 0 Å². The highest BCUT2D eigenvalue weighted by atomic mass is 127. The molecule has 1 aliphatic carbocycles. The minimum atomic E-state index is -0.566. The number of halogens is 1. The molecule has 5 N–H and O–H groups in total. The van der Waals surface area contributed by atoms with E-state index in [9.17, 15) is 9.59 Å². The summed E-state index contributed by atoms with van der Waals surface area (Å²) in [6.07, 6.45) is 2.59. The Bertz CT molecular complexity index is 585. The molecule has 24 heavy (non-hydrogen) atoms. The second kappa shape index (κ2) is 10.1. The summed E-state index contributed by atoms with van der Waals surface area (Å²) in [5.74, 6) is 0.682. The van der Waals surface area contributed by atoms with E-state index in [1.807, 2.05) is 12.1 Å². The predicted octanol–water partition coefficient (Wildman–Crippen LogP) is 0.595. The number of nitrogens with two attached hydrogens (primary N) is 1. The topological polar surface area (TPSA) is 109 Å². The molecule has 0 unspecified atom stereocenters. The van der Waals surface area contributed by atoms with Gasteiger partial charge in [0.15, 0.2) is 5.96 Å². The molecule has 8 heteroatoms. The molecule has 7 nitrogen and oxygen atoms in total. The van der Waals surface area contributed by atoms with Gasteiger partial charge >= 0.3 is 0 Å². The minimum Gasteiger partial charge on any atom is -0.368 e. The van der Waals surface area contributed by atoms with Gasteiger partial charge in [-0.05, 0) is 36.5 Å². The van der Waals surface area contributed by atoms with Gasteiger partial charge in [0.2, 0.25) is 5.91 Å². The number of hydrogen-bond acceptors (Lipinski definition) is 3. The van der Waals surface area contributed by atoms with Crippen molar-refractivity contribution in [2.45, 2.75) is 19.4 Å². The van der Waals surface area contributed by atoms with Crippen LogP contribution >= 0.6 is 24.0 Å². The molecule has 0 heterocycles. The molecule has 0 aromatic heterocycles. The van der Waals surface area contributed by atoms with Gasteiger partial charge in [-0.25, -0.2) is 0 Å². The van der Waals surface area contributed by atoms with Crippen molar-refractivity contribution < 1.29 is 9.59 Å². The average Bonchev–Trinajstić information content (AvgIpc) is 3.37. The van der Waals surface area contributed by atoms with Crippen molar-refractivity contribution in [1.29, 1.82) is 0 Å². The van der Waals surface area contributed by atoms with Gasteiger partial charge in [-0.1, -0.05) is 12.1 Å². The van der Waals surface area contributed by atoms with Gasteiger partial charge in [-0.3, -0.25) is 14.6 Å². The largest absolute Gasteiger partial charge is 0.368 e. The predicted molar refractivity (Wildman–Crippen MR) is 104 cm³/mol. The zero-order valence-electron chi connectivity index (χ0n) is 13.7. The summed E-state index contributed by atoms with van der Waals surface area (Å²) in [5.41, 5.74) is 6.52. The van der Waals surface area contributed by atoms with E-state index < -0.39 is 5.91 Å². The number of rotatable bonds is 7. The maximum Gasteiger partial charge on any atom is 0.251 e. The third-order valence-electron chi connectivity index (χ3n) is 3.58. The Hall–Kier alpha value is -1.84. The molecule has 0 saturated heterocycles. The van der Waals surface area contributed by atoms with Gasteiger partial charge in [-0.2, -0.15) is 0 Å². The lowest BCUT2D eigenvalue weighted by molar-refractivity contribution is -0.117. The van der Waals surface area contributed by atoms with Gasteiger partial charge in [-0.15, -0.1) is 24.0 Å². The fourth-order valence-electron chi connectivity index (χ4n) is 2.01. The molecular formula is C16H24IN5O2. The summed E-state index contributed by atoms with van der Waals surface area (Å²) in [5, 5.41) is 8.98. The lowest BCUT2D eigenvalue weighted by Crippen LogP contribution is -2.37. The Balaban J connectivity index is 0.00000288. The molecule has 2 rings (SSSR count). The lowest BCUT2D eigenvalue weighted by atomic mass is 10.1. The van der Waals surface area contributed by atoms with Crippen LogP contribution < -0.4 is 21.7 Å². The monoisotopic (exact) mass is 445 g/mol. The summed E-state index contributed by atoms with van der Waals surface area (Å²) in [7, 11) is 1.74. The van der Waals surface area contributed by atoms with E-state index >= 15 is 0 Å². The van der Waals surface area contributed by atoms with E-state index in [-0.39, 0.29) is 36.4 Å². The normalized spacial score (nSPS) is 13.6. The zero-order valence-corrected chi connectivity index (χ0v) is 16.0. The van der Waals surface area contributed by atoms with Crippen LogP contribution in [-0.2, 0) is 11.3 Å². The quantitative estimate of drug-likeness (QED) is 0.280. The van der Waals surface area contributed by atoms with E-state index in [0.29, 0.717) is 12.1 Å². The second-order valence-corrected chi connectivity index (χ2v) is 5.60. The van der Waals surface area contributed by atoms with Crippen LogP contribution in [0.15, 0.2) is 29.3 Å². The number of carbonyl (C=O) groups excluding carboxylic acids is 2. The smallest absolute Gasteiger partial charge is 0.251 e. The first-order chi connectivity index (χ1) is 11.1. The van der Waals surface area contributed by atoms with Crippen molar-refractivity contribution >= 4 is 41.8 Å². The van der Waals surface area contributed by atoms with Crippen molar-refractivity contribution in [3.8, 4) is 0 Å². The van der Waals surface area contributed by atoms with Gasteiger partial charge < -0.3 is 21.7 Å². The van der Waals surface area contributed by atoms with Crippen molar-refractivity contribution in [3.63, 3.8) is 0 Å². The third-order valence-corrected chi connectivity index (χ3v) is 3.58. The molecule has 0 spiro atoms. The number of nitrogens with zero attached hydrogens (tertiary/aromatic N) is 1. The first kappa shape index (κ1) is 20.2. The van der Waals surface area contributed by atoms with Gasteiger partial charge in [0.1, 0.15) is 0 Å². The van der Waals surface area contributed by atoms with Crippen LogP contribution in [0.2, 0.25) is 0 Å². The highest BCUT2D eigenvalue weighted by molar-refractivity contribution is 14.0. The number of guanidine groups is 1. The molecule has 1 aliphatic rings. The Kier molecular flexibility index (Phi) is 8.51. The fourth-order valence-corrected chi connectivity index (χ4v) is 2.01. The van der Waals surface area contributed by atoms with Crippen LogP contribution in [0.3, 0.4) is 0 Å². The number of benzene rings is 1. The maximum atomic E-state index is 11.8. The second-order valence-electron chi connectivity index (χ2n) is 5.60. The Morgan fingerprint density at radius 3 is 2.38 bits per heavy atom. The van der Waals surface area contributed by atoms with Crippen LogP contribution in [0.1, 0.15) is 28.8 Å². The van der Waals surface area contributed by atoms with E-state index in [1.165, 1.54) is 12.8 Å². The van der Waals surface area contributed by atoms with Crippen LogP contribution in [0.4, 0.5) is 0 Å². The summed E-state index contributed by atoms with van der Waals surface area (Å²) < 4.78 is 0. The van der Waals surface area contributed by atoms with Crippen molar-refractivity contribution in [2.75, 3.05) is 20.1 Å². The van der Waals surface area contributed by atoms with Gasteiger partial charge in [0.25, 0.3) is 5.91 Å². The Morgan fingerprint density at radius 1 is 1.17 bits per heavy atom. The van der Waals surface area contributed by atoms with Crippen LogP contribution in [-0.4, -0.2) is 37.9 Å². The Morgan fingerprint density at radius 2 is 1.83 bits per heavy atom. The molecule has 1 saturated carbocycles. The lowest BCUT2D eigenvalue weighted by Gasteiger charge is -2.11. The standard InChI is InChI=1S/C16H23N5O2.HI/c1-18-16(20-8-11-2-3-11)21-9-12-4-6-13(7-5-12)15(23)19-10-14(17)22;/h4-7,11H,2-3,8-10H2,1H3,(H2,17,22)(H,19,23)(H2,18,20,21);1H. The van der Waals surface area contributed by atoms with Crippen LogP contribution in [0.25, 0.3) is 0 Å². The molecule has 1 fully saturated rings. The fraction of sp³-hybridized carbons (Fsp3) is 0.438. The number of primary amides is 1. The summed E-state index contributed by atoms with van der Waals surface area (Å²) in [6, 6.07) is 7.15. The summed E-state index contributed by atoms with van der Waals surface area (Å²) in [4.78, 5) is 26.6. The molecule has 0 aliphatic heterocycles.